The van der Waals surface area contributed by atoms with Crippen LogP contribution >= 0.6 is 0 Å². The lowest BCUT2D eigenvalue weighted by Gasteiger charge is -2.05. The van der Waals surface area contributed by atoms with Crippen molar-refractivity contribution in [1.82, 2.24) is 4.98 Å². The number of ether oxygens (including phenoxy) is 1. The number of carbonyl (C=O) groups is 1. The molecule has 0 fully saturated rings. The van der Waals surface area contributed by atoms with Crippen molar-refractivity contribution < 1.29 is 9.53 Å². The third-order valence-corrected chi connectivity index (χ3v) is 1.14. The van der Waals surface area contributed by atoms with Crippen molar-refractivity contribution in [2.24, 2.45) is 0 Å². The molecule has 58 valence electrons. The van der Waals surface area contributed by atoms with Gasteiger partial charge in [0.15, 0.2) is 12.4 Å². The van der Waals surface area contributed by atoms with E-state index in [9.17, 15) is 4.79 Å². The van der Waals surface area contributed by atoms with Crippen LogP contribution in [0.2, 0.25) is 0 Å². The zero-order valence-electron chi connectivity index (χ0n) is 6.23. The minimum Gasteiger partial charge on any atom is -0.467 e. The predicted octanol–water partition coefficient (Wildman–Crippen LogP) is 1.05. The zero-order valence-corrected chi connectivity index (χ0v) is 6.23. The van der Waals surface area contributed by atoms with Crippen molar-refractivity contribution in [1.29, 1.82) is 0 Å². The third-order valence-electron chi connectivity index (χ3n) is 1.14. The molecular weight excluding hydrogens is 142 g/mol. The Morgan fingerprint density at radius 1 is 1.64 bits per heavy atom. The SMILES string of the molecule is CC(C=O)Oc1ccccn1. The maximum atomic E-state index is 10.2. The fourth-order valence-corrected chi connectivity index (χ4v) is 0.635. The Kier molecular flexibility index (Phi) is 2.60. The van der Waals surface area contributed by atoms with Crippen LogP contribution in [0, 0.1) is 0 Å². The molecule has 1 heterocycles. The molecule has 0 aliphatic rings. The van der Waals surface area contributed by atoms with Gasteiger partial charge in [-0.05, 0) is 13.0 Å². The molecule has 0 N–H and O–H groups in total. The monoisotopic (exact) mass is 151 g/mol. The molecule has 0 aromatic carbocycles. The first-order valence-corrected chi connectivity index (χ1v) is 3.36. The van der Waals surface area contributed by atoms with E-state index in [0.29, 0.717) is 5.88 Å². The molecule has 1 rings (SSSR count). The molecule has 0 aliphatic heterocycles. The summed E-state index contributed by atoms with van der Waals surface area (Å²) in [4.78, 5) is 14.0. The van der Waals surface area contributed by atoms with E-state index in [-0.39, 0.29) is 0 Å². The van der Waals surface area contributed by atoms with E-state index in [1.165, 1.54) is 0 Å². The molecule has 1 aromatic heterocycles. The predicted molar refractivity (Wildman–Crippen MR) is 40.4 cm³/mol. The second-order valence-corrected chi connectivity index (χ2v) is 2.13. The molecule has 3 heteroatoms. The Labute approximate surface area is 65.0 Å². The number of nitrogens with zero attached hydrogens (tertiary/aromatic N) is 1. The van der Waals surface area contributed by atoms with Crippen LogP contribution in [-0.4, -0.2) is 17.4 Å². The topological polar surface area (TPSA) is 39.2 Å². The highest BCUT2D eigenvalue weighted by molar-refractivity contribution is 5.55. The number of rotatable bonds is 3. The number of aromatic nitrogens is 1. The van der Waals surface area contributed by atoms with Gasteiger partial charge in [0.2, 0.25) is 5.88 Å². The summed E-state index contributed by atoms with van der Waals surface area (Å²) >= 11 is 0. The van der Waals surface area contributed by atoms with Gasteiger partial charge in [-0.1, -0.05) is 6.07 Å². The van der Waals surface area contributed by atoms with Gasteiger partial charge in [-0.3, -0.25) is 4.79 Å². The second kappa shape index (κ2) is 3.71. The fourth-order valence-electron chi connectivity index (χ4n) is 0.635. The lowest BCUT2D eigenvalue weighted by Crippen LogP contribution is -2.13. The lowest BCUT2D eigenvalue weighted by atomic mass is 10.4. The Morgan fingerprint density at radius 3 is 3.00 bits per heavy atom. The number of aldehydes is 1. The van der Waals surface area contributed by atoms with Crippen LogP contribution in [0.4, 0.5) is 0 Å². The fraction of sp³-hybridized carbons (Fsp3) is 0.250. The van der Waals surface area contributed by atoms with Crippen molar-refractivity contribution in [3.05, 3.63) is 24.4 Å². The van der Waals surface area contributed by atoms with Crippen molar-refractivity contribution >= 4 is 6.29 Å². The zero-order chi connectivity index (χ0) is 8.10. The van der Waals surface area contributed by atoms with Gasteiger partial charge >= 0.3 is 0 Å². The number of pyridine rings is 1. The van der Waals surface area contributed by atoms with Gasteiger partial charge < -0.3 is 4.74 Å². The lowest BCUT2D eigenvalue weighted by molar-refractivity contribution is -0.113. The first-order chi connectivity index (χ1) is 5.33. The normalized spacial score (nSPS) is 12.1. The molecule has 0 saturated heterocycles. The minimum absolute atomic E-state index is 0.426. The van der Waals surface area contributed by atoms with Gasteiger partial charge in [-0.15, -0.1) is 0 Å². The molecule has 0 saturated carbocycles. The van der Waals surface area contributed by atoms with Gasteiger partial charge in [0.25, 0.3) is 0 Å². The summed E-state index contributed by atoms with van der Waals surface area (Å²) in [5.41, 5.74) is 0. The van der Waals surface area contributed by atoms with E-state index in [0.717, 1.165) is 6.29 Å². The number of carbonyl (C=O) groups excluding carboxylic acids is 1. The summed E-state index contributed by atoms with van der Waals surface area (Å²) in [6, 6.07) is 5.30. The smallest absolute Gasteiger partial charge is 0.213 e. The molecule has 3 nitrogen and oxygen atoms in total. The van der Waals surface area contributed by atoms with Crippen molar-refractivity contribution in [3.63, 3.8) is 0 Å². The highest BCUT2D eigenvalue weighted by atomic mass is 16.5. The summed E-state index contributed by atoms with van der Waals surface area (Å²) in [7, 11) is 0. The van der Waals surface area contributed by atoms with Crippen LogP contribution < -0.4 is 4.74 Å². The van der Waals surface area contributed by atoms with Crippen molar-refractivity contribution in [2.45, 2.75) is 13.0 Å². The highest BCUT2D eigenvalue weighted by Crippen LogP contribution is 2.04. The van der Waals surface area contributed by atoms with Gasteiger partial charge in [-0.25, -0.2) is 4.98 Å². The maximum Gasteiger partial charge on any atom is 0.213 e. The van der Waals surface area contributed by atoms with Gasteiger partial charge in [0, 0.05) is 12.3 Å². The van der Waals surface area contributed by atoms with Crippen molar-refractivity contribution in [3.8, 4) is 5.88 Å². The Bertz CT molecular complexity index is 223. The molecule has 0 spiro atoms. The van der Waals surface area contributed by atoms with E-state index in [4.69, 9.17) is 4.74 Å². The quantitative estimate of drug-likeness (QED) is 0.606. The Hall–Kier alpha value is -1.38. The number of hydrogen-bond donors (Lipinski definition) is 0. The first kappa shape index (κ1) is 7.72. The minimum atomic E-state index is -0.426. The summed E-state index contributed by atoms with van der Waals surface area (Å²) in [5, 5.41) is 0. The first-order valence-electron chi connectivity index (χ1n) is 3.36. The van der Waals surface area contributed by atoms with Crippen LogP contribution in [0.3, 0.4) is 0 Å². The van der Waals surface area contributed by atoms with E-state index in [1.807, 2.05) is 0 Å². The molecule has 0 amide bonds. The Morgan fingerprint density at radius 2 is 2.45 bits per heavy atom. The van der Waals surface area contributed by atoms with Crippen LogP contribution in [0.15, 0.2) is 24.4 Å². The van der Waals surface area contributed by atoms with Gasteiger partial charge in [0.1, 0.15) is 0 Å². The summed E-state index contributed by atoms with van der Waals surface area (Å²) in [5.74, 6) is 0.479. The molecule has 0 radical (unpaired) electrons. The van der Waals surface area contributed by atoms with E-state index >= 15 is 0 Å². The van der Waals surface area contributed by atoms with Gasteiger partial charge in [-0.2, -0.15) is 0 Å². The highest BCUT2D eigenvalue weighted by Gasteiger charge is 1.99. The summed E-state index contributed by atoms with van der Waals surface area (Å²) < 4.78 is 5.08. The van der Waals surface area contributed by atoms with Crippen LogP contribution in [-0.2, 0) is 4.79 Å². The third kappa shape index (κ3) is 2.37. The molecule has 1 atom stereocenters. The number of hydrogen-bond acceptors (Lipinski definition) is 3. The molecular formula is C8H9NO2. The largest absolute Gasteiger partial charge is 0.467 e. The molecule has 0 bridgehead atoms. The van der Waals surface area contributed by atoms with E-state index < -0.39 is 6.10 Å². The Balaban J connectivity index is 2.57. The van der Waals surface area contributed by atoms with Crippen LogP contribution in [0.1, 0.15) is 6.92 Å². The van der Waals surface area contributed by atoms with Crippen molar-refractivity contribution in [2.75, 3.05) is 0 Å². The molecule has 11 heavy (non-hydrogen) atoms. The molecule has 0 aliphatic carbocycles. The summed E-state index contributed by atoms with van der Waals surface area (Å²) in [6.07, 6.45) is 1.92. The second-order valence-electron chi connectivity index (χ2n) is 2.13. The van der Waals surface area contributed by atoms with Crippen LogP contribution in [0.25, 0.3) is 0 Å². The molecule has 1 aromatic rings. The van der Waals surface area contributed by atoms with Crippen LogP contribution in [0.5, 0.6) is 5.88 Å². The van der Waals surface area contributed by atoms with E-state index in [1.54, 1.807) is 31.3 Å². The average Bonchev–Trinajstić information content (AvgIpc) is 2.06. The summed E-state index contributed by atoms with van der Waals surface area (Å²) in [6.45, 7) is 1.67. The standard InChI is InChI=1S/C8H9NO2/c1-7(6-10)11-8-4-2-3-5-9-8/h2-7H,1H3. The van der Waals surface area contributed by atoms with E-state index in [2.05, 4.69) is 4.98 Å². The maximum absolute atomic E-state index is 10.2. The average molecular weight is 151 g/mol. The van der Waals surface area contributed by atoms with Gasteiger partial charge in [0.05, 0.1) is 0 Å². The molecule has 1 unspecified atom stereocenters.